The van der Waals surface area contributed by atoms with E-state index in [9.17, 15) is 4.79 Å². The van der Waals surface area contributed by atoms with Crippen molar-refractivity contribution in [1.82, 2.24) is 20.1 Å². The second-order valence-electron chi connectivity index (χ2n) is 7.20. The van der Waals surface area contributed by atoms with E-state index in [0.717, 1.165) is 41.5 Å². The Balaban J connectivity index is 1.21. The van der Waals surface area contributed by atoms with Crippen molar-refractivity contribution in [2.75, 3.05) is 42.1 Å². The fourth-order valence-corrected chi connectivity index (χ4v) is 5.42. The molecule has 1 amide bonds. The number of aromatic nitrogens is 3. The van der Waals surface area contributed by atoms with E-state index in [2.05, 4.69) is 25.4 Å². The molecule has 2 aliphatic rings. The van der Waals surface area contributed by atoms with Gasteiger partial charge in [0, 0.05) is 38.4 Å². The number of piperazine rings is 1. The van der Waals surface area contributed by atoms with Crippen LogP contribution in [0.5, 0.6) is 0 Å². The standard InChI is InChI=1S/C19H26N6OS2/c26-17(25-12-10-24(11-13-25)16-8-4-5-9-20-16)14-27-19-23-22-18(28-19)21-15-6-2-1-3-7-15/h4-5,8-9,15H,1-3,6-7,10-14H2,(H,21,22). The van der Waals surface area contributed by atoms with Gasteiger partial charge in [0.15, 0.2) is 4.34 Å². The molecule has 0 unspecified atom stereocenters. The molecule has 2 fully saturated rings. The highest BCUT2D eigenvalue weighted by Crippen LogP contribution is 2.28. The van der Waals surface area contributed by atoms with Crippen LogP contribution in [0.2, 0.25) is 0 Å². The number of anilines is 2. The lowest BCUT2D eigenvalue weighted by molar-refractivity contribution is -0.128. The highest BCUT2D eigenvalue weighted by atomic mass is 32.2. The van der Waals surface area contributed by atoms with Crippen molar-refractivity contribution in [3.8, 4) is 0 Å². The lowest BCUT2D eigenvalue weighted by atomic mass is 9.96. The number of carbonyl (C=O) groups excluding carboxylic acids is 1. The van der Waals surface area contributed by atoms with Crippen LogP contribution in [0, 0.1) is 0 Å². The van der Waals surface area contributed by atoms with E-state index in [1.54, 1.807) is 11.3 Å². The highest BCUT2D eigenvalue weighted by molar-refractivity contribution is 8.01. The molecule has 150 valence electrons. The molecule has 0 atom stereocenters. The Morgan fingerprint density at radius 2 is 1.96 bits per heavy atom. The smallest absolute Gasteiger partial charge is 0.233 e. The molecule has 2 aromatic heterocycles. The molecule has 0 spiro atoms. The van der Waals surface area contributed by atoms with Gasteiger partial charge in [-0.25, -0.2) is 4.98 Å². The summed E-state index contributed by atoms with van der Waals surface area (Å²) in [5.74, 6) is 1.57. The zero-order valence-electron chi connectivity index (χ0n) is 15.9. The molecular weight excluding hydrogens is 392 g/mol. The maximum atomic E-state index is 12.6. The number of rotatable bonds is 6. The topological polar surface area (TPSA) is 74.2 Å². The summed E-state index contributed by atoms with van der Waals surface area (Å²) in [5, 5.41) is 12.9. The van der Waals surface area contributed by atoms with Crippen LogP contribution < -0.4 is 10.2 Å². The molecule has 28 heavy (non-hydrogen) atoms. The molecule has 1 N–H and O–H groups in total. The van der Waals surface area contributed by atoms with Crippen molar-refractivity contribution >= 4 is 40.0 Å². The molecule has 1 aliphatic heterocycles. The molecule has 0 radical (unpaired) electrons. The third-order valence-corrected chi connectivity index (χ3v) is 7.24. The molecule has 0 bridgehead atoms. The molecule has 1 saturated carbocycles. The van der Waals surface area contributed by atoms with Crippen molar-refractivity contribution in [3.63, 3.8) is 0 Å². The molecule has 4 rings (SSSR count). The predicted molar refractivity (Wildman–Crippen MR) is 114 cm³/mol. The number of nitrogens with zero attached hydrogens (tertiary/aromatic N) is 5. The van der Waals surface area contributed by atoms with Gasteiger partial charge in [0.2, 0.25) is 11.0 Å². The molecule has 1 saturated heterocycles. The van der Waals surface area contributed by atoms with Gasteiger partial charge in [-0.2, -0.15) is 0 Å². The van der Waals surface area contributed by atoms with Crippen LogP contribution in [0.1, 0.15) is 32.1 Å². The number of amides is 1. The van der Waals surface area contributed by atoms with Gasteiger partial charge in [-0.1, -0.05) is 48.4 Å². The Hall–Kier alpha value is -1.87. The van der Waals surface area contributed by atoms with Crippen molar-refractivity contribution in [2.24, 2.45) is 0 Å². The Labute approximate surface area is 173 Å². The number of carbonyl (C=O) groups is 1. The summed E-state index contributed by atoms with van der Waals surface area (Å²) in [7, 11) is 0. The zero-order chi connectivity index (χ0) is 19.2. The Kier molecular flexibility index (Phi) is 6.64. The van der Waals surface area contributed by atoms with E-state index in [0.29, 0.717) is 11.8 Å². The lowest BCUT2D eigenvalue weighted by Crippen LogP contribution is -2.49. The molecule has 2 aromatic rings. The van der Waals surface area contributed by atoms with E-state index >= 15 is 0 Å². The first-order valence-corrected chi connectivity index (χ1v) is 11.7. The van der Waals surface area contributed by atoms with E-state index in [1.165, 1.54) is 43.9 Å². The first kappa shape index (κ1) is 19.4. The third-order valence-electron chi connectivity index (χ3n) is 5.26. The zero-order valence-corrected chi connectivity index (χ0v) is 17.6. The largest absolute Gasteiger partial charge is 0.357 e. The molecule has 1 aliphatic carbocycles. The Morgan fingerprint density at radius 1 is 1.14 bits per heavy atom. The summed E-state index contributed by atoms with van der Waals surface area (Å²) in [6.45, 7) is 3.12. The van der Waals surface area contributed by atoms with Gasteiger partial charge in [-0.05, 0) is 25.0 Å². The summed E-state index contributed by atoms with van der Waals surface area (Å²) in [4.78, 5) is 21.1. The summed E-state index contributed by atoms with van der Waals surface area (Å²) >= 11 is 3.05. The quantitative estimate of drug-likeness (QED) is 0.723. The fourth-order valence-electron chi connectivity index (χ4n) is 3.69. The van der Waals surface area contributed by atoms with Gasteiger partial charge in [-0.15, -0.1) is 10.2 Å². The van der Waals surface area contributed by atoms with Crippen LogP contribution in [0.3, 0.4) is 0 Å². The van der Waals surface area contributed by atoms with Crippen LogP contribution in [0.15, 0.2) is 28.7 Å². The Bertz CT molecular complexity index is 757. The molecule has 9 heteroatoms. The van der Waals surface area contributed by atoms with Gasteiger partial charge in [0.05, 0.1) is 5.75 Å². The minimum absolute atomic E-state index is 0.169. The maximum Gasteiger partial charge on any atom is 0.233 e. The minimum Gasteiger partial charge on any atom is -0.357 e. The van der Waals surface area contributed by atoms with Gasteiger partial charge in [0.25, 0.3) is 0 Å². The van der Waals surface area contributed by atoms with Crippen LogP contribution in [-0.2, 0) is 4.79 Å². The number of nitrogens with one attached hydrogen (secondary N) is 1. The van der Waals surface area contributed by atoms with Crippen LogP contribution in [0.4, 0.5) is 10.9 Å². The number of hydrogen-bond donors (Lipinski definition) is 1. The third kappa shape index (κ3) is 5.14. The summed E-state index contributed by atoms with van der Waals surface area (Å²) in [5.41, 5.74) is 0. The van der Waals surface area contributed by atoms with E-state index in [4.69, 9.17) is 0 Å². The Morgan fingerprint density at radius 3 is 2.71 bits per heavy atom. The second-order valence-corrected chi connectivity index (χ2v) is 9.40. The fraction of sp³-hybridized carbons (Fsp3) is 0.579. The van der Waals surface area contributed by atoms with E-state index < -0.39 is 0 Å². The normalized spacial score (nSPS) is 18.3. The SMILES string of the molecule is O=C(CSc1nnc(NC2CCCCC2)s1)N1CCN(c2ccccn2)CC1. The van der Waals surface area contributed by atoms with Gasteiger partial charge in [0.1, 0.15) is 5.82 Å². The molecular formula is C19H26N6OS2. The number of pyridine rings is 1. The summed E-state index contributed by atoms with van der Waals surface area (Å²) < 4.78 is 0.860. The maximum absolute atomic E-state index is 12.6. The van der Waals surface area contributed by atoms with Crippen LogP contribution in [-0.4, -0.2) is 64.0 Å². The first-order valence-electron chi connectivity index (χ1n) is 9.94. The summed E-state index contributed by atoms with van der Waals surface area (Å²) in [6.07, 6.45) is 8.16. The highest BCUT2D eigenvalue weighted by Gasteiger charge is 2.22. The van der Waals surface area contributed by atoms with Gasteiger partial charge in [-0.3, -0.25) is 4.79 Å². The van der Waals surface area contributed by atoms with Crippen molar-refractivity contribution in [2.45, 2.75) is 42.5 Å². The van der Waals surface area contributed by atoms with Crippen LogP contribution >= 0.6 is 23.1 Å². The predicted octanol–water partition coefficient (Wildman–Crippen LogP) is 3.12. The van der Waals surface area contributed by atoms with Crippen molar-refractivity contribution in [1.29, 1.82) is 0 Å². The second kappa shape index (κ2) is 9.56. The minimum atomic E-state index is 0.169. The summed E-state index contributed by atoms with van der Waals surface area (Å²) in [6, 6.07) is 6.46. The average Bonchev–Trinajstić information content (AvgIpc) is 3.21. The van der Waals surface area contributed by atoms with Gasteiger partial charge >= 0.3 is 0 Å². The molecule has 3 heterocycles. The van der Waals surface area contributed by atoms with Crippen molar-refractivity contribution in [3.05, 3.63) is 24.4 Å². The average molecular weight is 419 g/mol. The van der Waals surface area contributed by atoms with Crippen LogP contribution in [0.25, 0.3) is 0 Å². The lowest BCUT2D eigenvalue weighted by Gasteiger charge is -2.35. The molecule has 7 nitrogen and oxygen atoms in total. The van der Waals surface area contributed by atoms with Crippen molar-refractivity contribution < 1.29 is 4.79 Å². The monoisotopic (exact) mass is 418 g/mol. The number of hydrogen-bond acceptors (Lipinski definition) is 8. The molecule has 0 aromatic carbocycles. The first-order chi connectivity index (χ1) is 13.8. The number of thioether (sulfide) groups is 1. The van der Waals surface area contributed by atoms with E-state index in [-0.39, 0.29) is 5.91 Å². The van der Waals surface area contributed by atoms with E-state index in [1.807, 2.05) is 29.3 Å². The van der Waals surface area contributed by atoms with Gasteiger partial charge < -0.3 is 15.1 Å².